The molecule has 1 fully saturated rings. The van der Waals surface area contributed by atoms with E-state index in [2.05, 4.69) is 24.1 Å². The third-order valence-electron chi connectivity index (χ3n) is 3.44. The lowest BCUT2D eigenvalue weighted by Crippen LogP contribution is -2.48. The summed E-state index contributed by atoms with van der Waals surface area (Å²) in [5.41, 5.74) is 6.71. The van der Waals surface area contributed by atoms with Gasteiger partial charge >= 0.3 is 0 Å². The predicted molar refractivity (Wildman–Crippen MR) is 85.6 cm³/mol. The SMILES string of the molecule is CC1(C)CN(CCC(=O)Nc2ccc(Cl)c(N)c2)CCO1. The number of amides is 1. The summed E-state index contributed by atoms with van der Waals surface area (Å²) in [4.78, 5) is 14.2. The first-order valence-electron chi connectivity index (χ1n) is 7.07. The Bertz CT molecular complexity index is 520. The van der Waals surface area contributed by atoms with E-state index in [9.17, 15) is 4.79 Å². The number of nitrogens with zero attached hydrogens (tertiary/aromatic N) is 1. The highest BCUT2D eigenvalue weighted by Crippen LogP contribution is 2.22. The molecule has 0 saturated carbocycles. The molecule has 0 bridgehead atoms. The van der Waals surface area contributed by atoms with Gasteiger partial charge in [-0.3, -0.25) is 9.69 Å². The molecule has 1 aliphatic rings. The van der Waals surface area contributed by atoms with Gasteiger partial charge < -0.3 is 15.8 Å². The van der Waals surface area contributed by atoms with E-state index in [0.717, 1.165) is 19.6 Å². The number of anilines is 2. The minimum atomic E-state index is -0.140. The fourth-order valence-electron chi connectivity index (χ4n) is 2.41. The Morgan fingerprint density at radius 2 is 2.29 bits per heavy atom. The predicted octanol–water partition coefficient (Wildman–Crippen LogP) is 2.36. The maximum atomic E-state index is 12.0. The maximum Gasteiger partial charge on any atom is 0.225 e. The lowest BCUT2D eigenvalue weighted by atomic mass is 10.1. The maximum absolute atomic E-state index is 12.0. The Morgan fingerprint density at radius 1 is 1.52 bits per heavy atom. The normalized spacial score (nSPS) is 18.4. The van der Waals surface area contributed by atoms with Crippen molar-refractivity contribution < 1.29 is 9.53 Å². The molecule has 0 radical (unpaired) electrons. The van der Waals surface area contributed by atoms with Crippen LogP contribution in [0.3, 0.4) is 0 Å². The molecule has 0 spiro atoms. The number of carbonyl (C=O) groups is 1. The summed E-state index contributed by atoms with van der Waals surface area (Å²) >= 11 is 5.85. The smallest absolute Gasteiger partial charge is 0.225 e. The van der Waals surface area contributed by atoms with Crippen LogP contribution < -0.4 is 11.1 Å². The van der Waals surface area contributed by atoms with E-state index < -0.39 is 0 Å². The Labute approximate surface area is 130 Å². The Morgan fingerprint density at radius 3 is 2.95 bits per heavy atom. The number of rotatable bonds is 4. The van der Waals surface area contributed by atoms with Crippen molar-refractivity contribution in [1.82, 2.24) is 4.90 Å². The number of benzene rings is 1. The van der Waals surface area contributed by atoms with Crippen LogP contribution >= 0.6 is 11.6 Å². The van der Waals surface area contributed by atoms with Crippen molar-refractivity contribution in [1.29, 1.82) is 0 Å². The van der Waals surface area contributed by atoms with Crippen molar-refractivity contribution in [2.24, 2.45) is 0 Å². The van der Waals surface area contributed by atoms with Crippen LogP contribution in [-0.4, -0.2) is 42.6 Å². The second kappa shape index (κ2) is 6.64. The number of halogens is 1. The fourth-order valence-corrected chi connectivity index (χ4v) is 2.53. The van der Waals surface area contributed by atoms with Gasteiger partial charge in [-0.05, 0) is 32.0 Å². The molecule has 1 amide bonds. The Hall–Kier alpha value is -1.30. The molecular formula is C15H22ClN3O2. The van der Waals surface area contributed by atoms with Gasteiger partial charge in [0, 0.05) is 31.7 Å². The van der Waals surface area contributed by atoms with Crippen molar-refractivity contribution in [3.63, 3.8) is 0 Å². The van der Waals surface area contributed by atoms with Crippen molar-refractivity contribution >= 4 is 28.9 Å². The zero-order chi connectivity index (χ0) is 15.5. The van der Waals surface area contributed by atoms with Crippen molar-refractivity contribution in [2.75, 3.05) is 37.3 Å². The number of hydrogen-bond acceptors (Lipinski definition) is 4. The van der Waals surface area contributed by atoms with Gasteiger partial charge in [-0.2, -0.15) is 0 Å². The summed E-state index contributed by atoms with van der Waals surface area (Å²) in [5, 5.41) is 3.32. The number of ether oxygens (including phenoxy) is 1. The van der Waals surface area contributed by atoms with Crippen LogP contribution in [0, 0.1) is 0 Å². The monoisotopic (exact) mass is 311 g/mol. The van der Waals surface area contributed by atoms with Gasteiger partial charge in [0.1, 0.15) is 0 Å². The molecule has 1 aromatic carbocycles. The molecule has 6 heteroatoms. The fraction of sp³-hybridized carbons (Fsp3) is 0.533. The standard InChI is InChI=1S/C15H22ClN3O2/c1-15(2)10-19(7-8-21-15)6-5-14(20)18-11-3-4-12(16)13(17)9-11/h3-4,9H,5-8,10,17H2,1-2H3,(H,18,20). The van der Waals surface area contributed by atoms with Crippen LogP contribution in [0.4, 0.5) is 11.4 Å². The topological polar surface area (TPSA) is 67.6 Å². The zero-order valence-corrected chi connectivity index (χ0v) is 13.2. The number of nitrogen functional groups attached to an aromatic ring is 1. The molecule has 0 atom stereocenters. The first-order valence-corrected chi connectivity index (χ1v) is 7.45. The third kappa shape index (κ3) is 4.88. The molecule has 116 valence electrons. The van der Waals surface area contributed by atoms with E-state index in [1.54, 1.807) is 18.2 Å². The molecule has 0 aromatic heterocycles. The average molecular weight is 312 g/mol. The number of carbonyl (C=O) groups excluding carboxylic acids is 1. The van der Waals surface area contributed by atoms with Crippen LogP contribution in [0.2, 0.25) is 5.02 Å². The highest BCUT2D eigenvalue weighted by atomic mass is 35.5. The quantitative estimate of drug-likeness (QED) is 0.838. The van der Waals surface area contributed by atoms with Crippen LogP contribution in [0.5, 0.6) is 0 Å². The Balaban J connectivity index is 1.80. The van der Waals surface area contributed by atoms with E-state index in [1.807, 2.05) is 0 Å². The summed E-state index contributed by atoms with van der Waals surface area (Å²) in [6.07, 6.45) is 0.443. The summed E-state index contributed by atoms with van der Waals surface area (Å²) in [6, 6.07) is 5.09. The van der Waals surface area contributed by atoms with Gasteiger partial charge in [0.25, 0.3) is 0 Å². The number of nitrogens with two attached hydrogens (primary N) is 1. The highest BCUT2D eigenvalue weighted by Gasteiger charge is 2.27. The molecule has 1 aliphatic heterocycles. The second-order valence-corrected chi connectivity index (χ2v) is 6.33. The number of nitrogens with one attached hydrogen (secondary N) is 1. The molecule has 1 saturated heterocycles. The lowest BCUT2D eigenvalue weighted by Gasteiger charge is -2.38. The van der Waals surface area contributed by atoms with E-state index in [0.29, 0.717) is 29.4 Å². The molecule has 0 aliphatic carbocycles. The lowest BCUT2D eigenvalue weighted by molar-refractivity contribution is -0.118. The van der Waals surface area contributed by atoms with E-state index in [1.165, 1.54) is 0 Å². The van der Waals surface area contributed by atoms with Gasteiger partial charge in [-0.25, -0.2) is 0 Å². The molecule has 0 unspecified atom stereocenters. The van der Waals surface area contributed by atoms with Crippen molar-refractivity contribution in [3.05, 3.63) is 23.2 Å². The first kappa shape index (κ1) is 16.1. The summed E-state index contributed by atoms with van der Waals surface area (Å²) in [5.74, 6) is -0.0268. The van der Waals surface area contributed by atoms with Crippen molar-refractivity contribution in [2.45, 2.75) is 25.9 Å². The molecule has 21 heavy (non-hydrogen) atoms. The molecule has 3 N–H and O–H groups in total. The number of hydrogen-bond donors (Lipinski definition) is 2. The minimum absolute atomic E-state index is 0.0268. The average Bonchev–Trinajstić information content (AvgIpc) is 2.40. The minimum Gasteiger partial charge on any atom is -0.397 e. The van der Waals surface area contributed by atoms with Gasteiger partial charge in [-0.15, -0.1) is 0 Å². The van der Waals surface area contributed by atoms with E-state index in [-0.39, 0.29) is 11.5 Å². The van der Waals surface area contributed by atoms with Crippen LogP contribution in [0.25, 0.3) is 0 Å². The molecule has 2 rings (SSSR count). The van der Waals surface area contributed by atoms with Crippen LogP contribution in [-0.2, 0) is 9.53 Å². The van der Waals surface area contributed by atoms with Gasteiger partial charge in [0.15, 0.2) is 0 Å². The van der Waals surface area contributed by atoms with Crippen molar-refractivity contribution in [3.8, 4) is 0 Å². The summed E-state index contributed by atoms with van der Waals surface area (Å²) in [6.45, 7) is 7.27. The number of morpholine rings is 1. The van der Waals surface area contributed by atoms with Crippen LogP contribution in [0.1, 0.15) is 20.3 Å². The molecular weight excluding hydrogens is 290 g/mol. The first-order chi connectivity index (χ1) is 9.85. The molecule has 5 nitrogen and oxygen atoms in total. The Kier molecular flexibility index (Phi) is 5.08. The van der Waals surface area contributed by atoms with Gasteiger partial charge in [0.2, 0.25) is 5.91 Å². The zero-order valence-electron chi connectivity index (χ0n) is 12.5. The largest absolute Gasteiger partial charge is 0.397 e. The van der Waals surface area contributed by atoms with Gasteiger partial charge in [-0.1, -0.05) is 11.6 Å². The molecule has 1 heterocycles. The molecule has 1 aromatic rings. The summed E-state index contributed by atoms with van der Waals surface area (Å²) in [7, 11) is 0. The summed E-state index contributed by atoms with van der Waals surface area (Å²) < 4.78 is 5.65. The van der Waals surface area contributed by atoms with Gasteiger partial charge in [0.05, 0.1) is 22.9 Å². The highest BCUT2D eigenvalue weighted by molar-refractivity contribution is 6.33. The third-order valence-corrected chi connectivity index (χ3v) is 3.78. The van der Waals surface area contributed by atoms with E-state index in [4.69, 9.17) is 22.1 Å². The van der Waals surface area contributed by atoms with Crippen LogP contribution in [0.15, 0.2) is 18.2 Å². The van der Waals surface area contributed by atoms with E-state index >= 15 is 0 Å². The second-order valence-electron chi connectivity index (χ2n) is 5.92.